The molecule has 3 heterocycles. The van der Waals surface area contributed by atoms with Gasteiger partial charge in [-0.25, -0.2) is 4.98 Å². The molecule has 0 unspecified atom stereocenters. The van der Waals surface area contributed by atoms with E-state index in [0.717, 1.165) is 29.8 Å². The van der Waals surface area contributed by atoms with Crippen molar-refractivity contribution >= 4 is 5.82 Å². The Bertz CT molecular complexity index is 988. The first-order chi connectivity index (χ1) is 12.6. The molecule has 132 valence electrons. The quantitative estimate of drug-likeness (QED) is 0.691. The minimum atomic E-state index is 0.208. The van der Waals surface area contributed by atoms with E-state index in [1.165, 1.54) is 0 Å². The van der Waals surface area contributed by atoms with Gasteiger partial charge in [0.15, 0.2) is 0 Å². The van der Waals surface area contributed by atoms with Gasteiger partial charge in [-0.1, -0.05) is 13.0 Å². The van der Waals surface area contributed by atoms with Crippen LogP contribution in [-0.2, 0) is 13.1 Å². The molecule has 0 bridgehead atoms. The third-order valence-corrected chi connectivity index (χ3v) is 4.09. The van der Waals surface area contributed by atoms with Crippen LogP contribution in [0.3, 0.4) is 0 Å². The Morgan fingerprint density at radius 3 is 2.81 bits per heavy atom. The zero-order valence-corrected chi connectivity index (χ0v) is 15.0. The van der Waals surface area contributed by atoms with E-state index in [2.05, 4.69) is 34.8 Å². The Labute approximate surface area is 152 Å². The molecule has 0 aromatic carbocycles. The van der Waals surface area contributed by atoms with Crippen molar-refractivity contribution in [2.75, 3.05) is 5.73 Å². The highest BCUT2D eigenvalue weighted by Gasteiger charge is 2.17. The number of hydrogen-bond acceptors (Lipinski definition) is 5. The van der Waals surface area contributed by atoms with Crippen LogP contribution in [0.1, 0.15) is 24.6 Å². The van der Waals surface area contributed by atoms with Crippen molar-refractivity contribution < 1.29 is 0 Å². The monoisotopic (exact) mass is 347 g/mol. The molecule has 0 saturated heterocycles. The fourth-order valence-corrected chi connectivity index (χ4v) is 2.90. The van der Waals surface area contributed by atoms with E-state index in [1.54, 1.807) is 17.0 Å². The second-order valence-electron chi connectivity index (χ2n) is 6.06. The predicted molar refractivity (Wildman–Crippen MR) is 101 cm³/mol. The Balaban J connectivity index is 2.13. The third kappa shape index (κ3) is 3.22. The SMILES string of the molecule is C=CCn1cc(-c2cc(-c3cn(CCC)nc3C)nc(N)c2C#N)cn1. The molecule has 3 aromatic heterocycles. The molecular formula is C19H21N7. The van der Waals surface area contributed by atoms with Gasteiger partial charge < -0.3 is 5.73 Å². The minimum Gasteiger partial charge on any atom is -0.383 e. The van der Waals surface area contributed by atoms with Crippen LogP contribution in [0.4, 0.5) is 5.82 Å². The maximum absolute atomic E-state index is 9.53. The summed E-state index contributed by atoms with van der Waals surface area (Å²) < 4.78 is 3.66. The Hall–Kier alpha value is -3.40. The summed E-state index contributed by atoms with van der Waals surface area (Å²) >= 11 is 0. The minimum absolute atomic E-state index is 0.208. The highest BCUT2D eigenvalue weighted by molar-refractivity contribution is 5.79. The summed E-state index contributed by atoms with van der Waals surface area (Å²) in [5.74, 6) is 0.208. The summed E-state index contributed by atoms with van der Waals surface area (Å²) in [4.78, 5) is 4.44. The largest absolute Gasteiger partial charge is 0.383 e. The molecule has 0 spiro atoms. The van der Waals surface area contributed by atoms with E-state index in [4.69, 9.17) is 5.73 Å². The Morgan fingerprint density at radius 2 is 2.12 bits per heavy atom. The number of nitrogens with two attached hydrogens (primary N) is 1. The predicted octanol–water partition coefficient (Wildman–Crippen LogP) is 3.17. The van der Waals surface area contributed by atoms with Gasteiger partial charge >= 0.3 is 0 Å². The molecule has 3 aromatic rings. The van der Waals surface area contributed by atoms with Gasteiger partial charge in [-0.05, 0) is 19.4 Å². The van der Waals surface area contributed by atoms with Gasteiger partial charge in [-0.2, -0.15) is 15.5 Å². The molecule has 7 nitrogen and oxygen atoms in total. The van der Waals surface area contributed by atoms with Gasteiger partial charge in [0.05, 0.1) is 24.1 Å². The lowest BCUT2D eigenvalue weighted by Crippen LogP contribution is -2.00. The molecule has 0 radical (unpaired) electrons. The van der Waals surface area contributed by atoms with Crippen molar-refractivity contribution in [1.29, 1.82) is 5.26 Å². The van der Waals surface area contributed by atoms with Gasteiger partial charge in [0.25, 0.3) is 0 Å². The van der Waals surface area contributed by atoms with E-state index in [-0.39, 0.29) is 5.82 Å². The molecule has 2 N–H and O–H groups in total. The van der Waals surface area contributed by atoms with E-state index in [1.807, 2.05) is 30.1 Å². The summed E-state index contributed by atoms with van der Waals surface area (Å²) in [7, 11) is 0. The van der Waals surface area contributed by atoms with Crippen molar-refractivity contribution in [3.05, 3.63) is 48.6 Å². The zero-order chi connectivity index (χ0) is 18.7. The summed E-state index contributed by atoms with van der Waals surface area (Å²) in [6.07, 6.45) is 8.32. The van der Waals surface area contributed by atoms with Crippen molar-refractivity contribution in [3.63, 3.8) is 0 Å². The van der Waals surface area contributed by atoms with Crippen LogP contribution in [-0.4, -0.2) is 24.5 Å². The fourth-order valence-electron chi connectivity index (χ4n) is 2.90. The number of pyridine rings is 1. The van der Waals surface area contributed by atoms with Crippen molar-refractivity contribution in [3.8, 4) is 28.5 Å². The average molecular weight is 347 g/mol. The van der Waals surface area contributed by atoms with Gasteiger partial charge in [-0.3, -0.25) is 9.36 Å². The molecule has 0 fully saturated rings. The lowest BCUT2D eigenvalue weighted by Gasteiger charge is -2.08. The summed E-state index contributed by atoms with van der Waals surface area (Å²) in [6, 6.07) is 4.04. The van der Waals surface area contributed by atoms with Crippen molar-refractivity contribution in [2.45, 2.75) is 33.4 Å². The standard InChI is InChI=1S/C19H21N7/c1-4-6-25-11-14(10-22-25)15-8-18(23-19(21)16(15)9-20)17-12-26(7-5-2)24-13(17)3/h4,8,10-12H,1,5-7H2,2-3H3,(H2,21,23). The van der Waals surface area contributed by atoms with Crippen LogP contribution in [0.15, 0.2) is 37.3 Å². The number of anilines is 1. The van der Waals surface area contributed by atoms with Crippen LogP contribution in [0, 0.1) is 18.3 Å². The van der Waals surface area contributed by atoms with Crippen LogP contribution >= 0.6 is 0 Å². The van der Waals surface area contributed by atoms with E-state index in [9.17, 15) is 5.26 Å². The number of nitriles is 1. The van der Waals surface area contributed by atoms with E-state index in [0.29, 0.717) is 23.4 Å². The first kappa shape index (κ1) is 17.4. The van der Waals surface area contributed by atoms with Crippen molar-refractivity contribution in [2.24, 2.45) is 0 Å². The molecule has 26 heavy (non-hydrogen) atoms. The first-order valence-corrected chi connectivity index (χ1v) is 8.46. The maximum Gasteiger partial charge on any atom is 0.142 e. The van der Waals surface area contributed by atoms with E-state index >= 15 is 0 Å². The molecule has 0 amide bonds. The number of rotatable bonds is 6. The average Bonchev–Trinajstić information content (AvgIpc) is 3.21. The van der Waals surface area contributed by atoms with Crippen LogP contribution < -0.4 is 5.73 Å². The number of allylic oxidation sites excluding steroid dienone is 1. The van der Waals surface area contributed by atoms with Gasteiger partial charge in [0.1, 0.15) is 17.5 Å². The first-order valence-electron chi connectivity index (χ1n) is 8.46. The zero-order valence-electron chi connectivity index (χ0n) is 15.0. The number of aromatic nitrogens is 5. The van der Waals surface area contributed by atoms with Crippen LogP contribution in [0.2, 0.25) is 0 Å². The highest BCUT2D eigenvalue weighted by atomic mass is 15.3. The second kappa shape index (κ2) is 7.23. The highest BCUT2D eigenvalue weighted by Crippen LogP contribution is 2.32. The third-order valence-electron chi connectivity index (χ3n) is 4.09. The molecule has 0 atom stereocenters. The van der Waals surface area contributed by atoms with Crippen molar-refractivity contribution in [1.82, 2.24) is 24.5 Å². The molecule has 0 aliphatic heterocycles. The van der Waals surface area contributed by atoms with Gasteiger partial charge in [-0.15, -0.1) is 6.58 Å². The number of nitrogen functional groups attached to an aromatic ring is 1. The second-order valence-corrected chi connectivity index (χ2v) is 6.06. The van der Waals surface area contributed by atoms with E-state index < -0.39 is 0 Å². The molecule has 0 aliphatic rings. The molecule has 0 saturated carbocycles. The smallest absolute Gasteiger partial charge is 0.142 e. The lowest BCUT2D eigenvalue weighted by molar-refractivity contribution is 0.598. The normalized spacial score (nSPS) is 10.7. The summed E-state index contributed by atoms with van der Waals surface area (Å²) in [5, 5.41) is 18.3. The topological polar surface area (TPSA) is 98.3 Å². The number of nitrogens with zero attached hydrogens (tertiary/aromatic N) is 6. The summed E-state index contributed by atoms with van der Waals surface area (Å²) in [6.45, 7) is 9.20. The molecule has 0 aliphatic carbocycles. The molecular weight excluding hydrogens is 326 g/mol. The molecule has 7 heteroatoms. The van der Waals surface area contributed by atoms with Gasteiger partial charge in [0.2, 0.25) is 0 Å². The fraction of sp³-hybridized carbons (Fsp3) is 0.263. The Morgan fingerprint density at radius 1 is 1.31 bits per heavy atom. The number of aryl methyl sites for hydroxylation is 2. The van der Waals surface area contributed by atoms with Crippen LogP contribution in [0.5, 0.6) is 0 Å². The Kier molecular flexibility index (Phi) is 4.85. The summed E-state index contributed by atoms with van der Waals surface area (Å²) in [5.41, 5.74) is 10.5. The number of hydrogen-bond donors (Lipinski definition) is 1. The maximum atomic E-state index is 9.53. The van der Waals surface area contributed by atoms with Crippen LogP contribution in [0.25, 0.3) is 22.4 Å². The lowest BCUT2D eigenvalue weighted by atomic mass is 10.0. The molecule has 3 rings (SSSR count). The van der Waals surface area contributed by atoms with Gasteiger partial charge in [0, 0.05) is 35.6 Å².